The SMILES string of the molecule is CCCCCCCNCC(C(C)C)N1CCCC1. The van der Waals surface area contributed by atoms with E-state index in [-0.39, 0.29) is 0 Å². The third-order valence-corrected chi connectivity index (χ3v) is 4.19. The van der Waals surface area contributed by atoms with Gasteiger partial charge >= 0.3 is 0 Å². The van der Waals surface area contributed by atoms with Gasteiger partial charge in [-0.2, -0.15) is 0 Å². The molecule has 1 rings (SSSR count). The molecule has 108 valence electrons. The van der Waals surface area contributed by atoms with Gasteiger partial charge in [0, 0.05) is 12.6 Å². The van der Waals surface area contributed by atoms with Crippen molar-refractivity contribution in [3.05, 3.63) is 0 Å². The summed E-state index contributed by atoms with van der Waals surface area (Å²) in [5, 5.41) is 3.68. The molecule has 1 aliphatic rings. The summed E-state index contributed by atoms with van der Waals surface area (Å²) >= 11 is 0. The molecule has 1 aliphatic heterocycles. The summed E-state index contributed by atoms with van der Waals surface area (Å²) in [6.45, 7) is 12.0. The lowest BCUT2D eigenvalue weighted by molar-refractivity contribution is 0.186. The fraction of sp³-hybridized carbons (Fsp3) is 1.00. The van der Waals surface area contributed by atoms with E-state index in [1.165, 1.54) is 71.1 Å². The normalized spacial score (nSPS) is 18.7. The Kier molecular flexibility index (Phi) is 8.70. The molecule has 2 nitrogen and oxygen atoms in total. The number of nitrogens with zero attached hydrogens (tertiary/aromatic N) is 1. The van der Waals surface area contributed by atoms with Crippen molar-refractivity contribution in [2.75, 3.05) is 26.2 Å². The zero-order chi connectivity index (χ0) is 13.2. The van der Waals surface area contributed by atoms with E-state index in [1.807, 2.05) is 0 Å². The minimum Gasteiger partial charge on any atom is -0.315 e. The molecular formula is C16H34N2. The van der Waals surface area contributed by atoms with Gasteiger partial charge in [-0.25, -0.2) is 0 Å². The Hall–Kier alpha value is -0.0800. The summed E-state index contributed by atoms with van der Waals surface area (Å²) in [6, 6.07) is 0.753. The summed E-state index contributed by atoms with van der Waals surface area (Å²) in [6.07, 6.45) is 9.72. The van der Waals surface area contributed by atoms with Gasteiger partial charge in [-0.15, -0.1) is 0 Å². The molecule has 0 aromatic rings. The van der Waals surface area contributed by atoms with Crippen molar-refractivity contribution in [1.82, 2.24) is 10.2 Å². The predicted molar refractivity (Wildman–Crippen MR) is 81.1 cm³/mol. The Bertz CT molecular complexity index is 186. The lowest BCUT2D eigenvalue weighted by Crippen LogP contribution is -2.44. The van der Waals surface area contributed by atoms with Crippen molar-refractivity contribution in [2.45, 2.75) is 71.8 Å². The van der Waals surface area contributed by atoms with E-state index in [9.17, 15) is 0 Å². The van der Waals surface area contributed by atoms with Gasteiger partial charge in [0.15, 0.2) is 0 Å². The highest BCUT2D eigenvalue weighted by Gasteiger charge is 2.23. The van der Waals surface area contributed by atoms with Gasteiger partial charge in [0.1, 0.15) is 0 Å². The minimum atomic E-state index is 0.753. The first kappa shape index (κ1) is 16.0. The Morgan fingerprint density at radius 3 is 2.28 bits per heavy atom. The first-order valence-electron chi connectivity index (χ1n) is 8.20. The largest absolute Gasteiger partial charge is 0.315 e. The first-order chi connectivity index (χ1) is 8.75. The van der Waals surface area contributed by atoms with Crippen LogP contribution in [0.4, 0.5) is 0 Å². The van der Waals surface area contributed by atoms with Crippen LogP contribution >= 0.6 is 0 Å². The van der Waals surface area contributed by atoms with Crippen LogP contribution in [0.2, 0.25) is 0 Å². The van der Waals surface area contributed by atoms with Crippen LogP contribution < -0.4 is 5.32 Å². The molecule has 0 spiro atoms. The Morgan fingerprint density at radius 2 is 1.67 bits per heavy atom. The van der Waals surface area contributed by atoms with Gasteiger partial charge < -0.3 is 5.32 Å². The van der Waals surface area contributed by atoms with Crippen LogP contribution in [0.25, 0.3) is 0 Å². The van der Waals surface area contributed by atoms with Gasteiger partial charge in [-0.05, 0) is 44.8 Å². The lowest BCUT2D eigenvalue weighted by atomic mass is 10.0. The summed E-state index contributed by atoms with van der Waals surface area (Å²) in [5.74, 6) is 0.774. The number of rotatable bonds is 10. The van der Waals surface area contributed by atoms with Crippen molar-refractivity contribution in [3.63, 3.8) is 0 Å². The molecule has 18 heavy (non-hydrogen) atoms. The number of unbranched alkanes of at least 4 members (excludes halogenated alkanes) is 4. The highest BCUT2D eigenvalue weighted by molar-refractivity contribution is 4.80. The molecule has 1 heterocycles. The third-order valence-electron chi connectivity index (χ3n) is 4.19. The Labute approximate surface area is 115 Å². The van der Waals surface area contributed by atoms with E-state index >= 15 is 0 Å². The van der Waals surface area contributed by atoms with Crippen LogP contribution in [-0.4, -0.2) is 37.1 Å². The predicted octanol–water partition coefficient (Wildman–Crippen LogP) is 3.67. The van der Waals surface area contributed by atoms with Gasteiger partial charge in [-0.1, -0.05) is 46.5 Å². The molecule has 2 heteroatoms. The molecule has 1 saturated heterocycles. The molecule has 1 atom stereocenters. The van der Waals surface area contributed by atoms with E-state index in [1.54, 1.807) is 0 Å². The number of likely N-dealkylation sites (tertiary alicyclic amines) is 1. The highest BCUT2D eigenvalue weighted by atomic mass is 15.2. The summed E-state index contributed by atoms with van der Waals surface area (Å²) < 4.78 is 0. The topological polar surface area (TPSA) is 15.3 Å². The van der Waals surface area contributed by atoms with Crippen LogP contribution in [0.1, 0.15) is 65.7 Å². The molecule has 0 saturated carbocycles. The molecule has 0 amide bonds. The maximum absolute atomic E-state index is 3.68. The monoisotopic (exact) mass is 254 g/mol. The molecule has 1 N–H and O–H groups in total. The molecule has 0 bridgehead atoms. The zero-order valence-electron chi connectivity index (χ0n) is 12.9. The fourth-order valence-corrected chi connectivity index (χ4v) is 2.96. The Morgan fingerprint density at radius 1 is 1.00 bits per heavy atom. The van der Waals surface area contributed by atoms with Crippen LogP contribution in [0.5, 0.6) is 0 Å². The number of hydrogen-bond acceptors (Lipinski definition) is 2. The molecule has 0 aromatic heterocycles. The maximum atomic E-state index is 3.68. The van der Waals surface area contributed by atoms with Gasteiger partial charge in [0.25, 0.3) is 0 Å². The van der Waals surface area contributed by atoms with Gasteiger partial charge in [0.2, 0.25) is 0 Å². The smallest absolute Gasteiger partial charge is 0.0243 e. The van der Waals surface area contributed by atoms with Crippen molar-refractivity contribution in [3.8, 4) is 0 Å². The van der Waals surface area contributed by atoms with Crippen LogP contribution in [0, 0.1) is 5.92 Å². The molecule has 1 fully saturated rings. The van der Waals surface area contributed by atoms with E-state index in [2.05, 4.69) is 31.0 Å². The average molecular weight is 254 g/mol. The van der Waals surface area contributed by atoms with Crippen LogP contribution in [0.15, 0.2) is 0 Å². The zero-order valence-corrected chi connectivity index (χ0v) is 12.9. The molecule has 1 unspecified atom stereocenters. The second kappa shape index (κ2) is 9.80. The van der Waals surface area contributed by atoms with Crippen LogP contribution in [-0.2, 0) is 0 Å². The van der Waals surface area contributed by atoms with Crippen molar-refractivity contribution >= 4 is 0 Å². The summed E-state index contributed by atoms with van der Waals surface area (Å²) in [7, 11) is 0. The Balaban J connectivity index is 2.06. The molecule has 0 radical (unpaired) electrons. The lowest BCUT2D eigenvalue weighted by Gasteiger charge is -2.31. The molecule has 0 aliphatic carbocycles. The van der Waals surface area contributed by atoms with Crippen molar-refractivity contribution in [2.24, 2.45) is 5.92 Å². The van der Waals surface area contributed by atoms with Gasteiger partial charge in [-0.3, -0.25) is 4.90 Å². The molecule has 0 aromatic carbocycles. The van der Waals surface area contributed by atoms with Crippen LogP contribution in [0.3, 0.4) is 0 Å². The quantitative estimate of drug-likeness (QED) is 0.598. The summed E-state index contributed by atoms with van der Waals surface area (Å²) in [5.41, 5.74) is 0. The summed E-state index contributed by atoms with van der Waals surface area (Å²) in [4.78, 5) is 2.69. The van der Waals surface area contributed by atoms with E-state index in [0.29, 0.717) is 0 Å². The minimum absolute atomic E-state index is 0.753. The number of nitrogens with one attached hydrogen (secondary N) is 1. The van der Waals surface area contributed by atoms with Crippen molar-refractivity contribution in [1.29, 1.82) is 0 Å². The maximum Gasteiger partial charge on any atom is 0.0243 e. The van der Waals surface area contributed by atoms with E-state index in [0.717, 1.165) is 12.0 Å². The number of hydrogen-bond donors (Lipinski definition) is 1. The second-order valence-corrected chi connectivity index (χ2v) is 6.17. The molecular weight excluding hydrogens is 220 g/mol. The fourth-order valence-electron chi connectivity index (χ4n) is 2.96. The van der Waals surface area contributed by atoms with E-state index < -0.39 is 0 Å². The third kappa shape index (κ3) is 6.19. The first-order valence-corrected chi connectivity index (χ1v) is 8.20. The highest BCUT2D eigenvalue weighted by Crippen LogP contribution is 2.17. The van der Waals surface area contributed by atoms with Gasteiger partial charge in [0.05, 0.1) is 0 Å². The van der Waals surface area contributed by atoms with E-state index in [4.69, 9.17) is 0 Å². The standard InChI is InChI=1S/C16H34N2/c1-4-5-6-7-8-11-17-14-16(15(2)3)18-12-9-10-13-18/h15-17H,4-14H2,1-3H3. The van der Waals surface area contributed by atoms with Crippen molar-refractivity contribution < 1.29 is 0 Å². The average Bonchev–Trinajstić information content (AvgIpc) is 2.85. The second-order valence-electron chi connectivity index (χ2n) is 6.17.